The number of halogens is 2. The molecule has 0 saturated heterocycles. The van der Waals surface area contributed by atoms with Crippen molar-refractivity contribution in [3.63, 3.8) is 0 Å². The van der Waals surface area contributed by atoms with Crippen molar-refractivity contribution in [3.8, 4) is 11.4 Å². The second-order valence-electron chi connectivity index (χ2n) is 5.85. The first-order valence-corrected chi connectivity index (χ1v) is 7.06. The maximum absolute atomic E-state index is 6.11. The van der Waals surface area contributed by atoms with Crippen molar-refractivity contribution < 1.29 is 4.52 Å². The topological polar surface area (TPSA) is 64.9 Å². The first kappa shape index (κ1) is 15.3. The lowest BCUT2D eigenvalue weighted by Gasteiger charge is -2.25. The van der Waals surface area contributed by atoms with E-state index in [1.165, 1.54) is 0 Å². The summed E-state index contributed by atoms with van der Waals surface area (Å²) in [6, 6.07) is 5.08. The lowest BCUT2D eigenvalue weighted by atomic mass is 9.85. The Morgan fingerprint density at radius 2 is 1.80 bits per heavy atom. The smallest absolute Gasteiger partial charge is 0.228 e. The molecule has 20 heavy (non-hydrogen) atoms. The molecule has 0 aliphatic heterocycles. The number of hydrogen-bond donors (Lipinski definition) is 1. The summed E-state index contributed by atoms with van der Waals surface area (Å²) in [5, 5.41) is 5.01. The van der Waals surface area contributed by atoms with Gasteiger partial charge in [-0.05, 0) is 23.6 Å². The van der Waals surface area contributed by atoms with E-state index >= 15 is 0 Å². The first-order valence-electron chi connectivity index (χ1n) is 6.30. The predicted molar refractivity (Wildman–Crippen MR) is 80.9 cm³/mol. The molecule has 2 aromatic rings. The van der Waals surface area contributed by atoms with Gasteiger partial charge in [-0.25, -0.2) is 0 Å². The number of hydrogen-bond acceptors (Lipinski definition) is 4. The molecular weight excluding hydrogens is 297 g/mol. The van der Waals surface area contributed by atoms with Gasteiger partial charge in [0.1, 0.15) is 0 Å². The van der Waals surface area contributed by atoms with Crippen LogP contribution in [0.15, 0.2) is 22.7 Å². The number of benzene rings is 1. The van der Waals surface area contributed by atoms with E-state index in [9.17, 15) is 0 Å². The lowest BCUT2D eigenvalue weighted by Crippen LogP contribution is -2.36. The van der Waals surface area contributed by atoms with E-state index in [1.54, 1.807) is 18.2 Å². The number of rotatable bonds is 3. The van der Waals surface area contributed by atoms with Crippen LogP contribution in [0.25, 0.3) is 11.4 Å². The summed E-state index contributed by atoms with van der Waals surface area (Å²) in [6.07, 6.45) is 0.533. The maximum atomic E-state index is 6.11. The van der Waals surface area contributed by atoms with Crippen molar-refractivity contribution in [2.24, 2.45) is 11.1 Å². The van der Waals surface area contributed by atoms with Crippen LogP contribution in [0, 0.1) is 5.41 Å². The summed E-state index contributed by atoms with van der Waals surface area (Å²) in [4.78, 5) is 4.34. The zero-order chi connectivity index (χ0) is 14.9. The third-order valence-corrected chi connectivity index (χ3v) is 3.53. The molecule has 1 unspecified atom stereocenters. The molecule has 2 rings (SSSR count). The van der Waals surface area contributed by atoms with Gasteiger partial charge in [-0.1, -0.05) is 49.1 Å². The molecule has 1 aromatic carbocycles. The molecule has 0 spiro atoms. The molecule has 0 bridgehead atoms. The summed E-state index contributed by atoms with van der Waals surface area (Å²) in [6.45, 7) is 6.23. The van der Waals surface area contributed by atoms with Crippen LogP contribution in [0.3, 0.4) is 0 Å². The molecule has 108 valence electrons. The van der Waals surface area contributed by atoms with E-state index in [1.807, 2.05) is 0 Å². The molecule has 1 aromatic heterocycles. The van der Waals surface area contributed by atoms with Gasteiger partial charge in [-0.15, -0.1) is 0 Å². The third kappa shape index (κ3) is 3.72. The highest BCUT2D eigenvalue weighted by atomic mass is 35.5. The number of nitrogens with zero attached hydrogens (tertiary/aromatic N) is 2. The van der Waals surface area contributed by atoms with Crippen LogP contribution in [0.5, 0.6) is 0 Å². The van der Waals surface area contributed by atoms with Crippen LogP contribution in [0.2, 0.25) is 10.0 Å². The quantitative estimate of drug-likeness (QED) is 0.931. The minimum absolute atomic E-state index is 0.0198. The van der Waals surface area contributed by atoms with Crippen LogP contribution < -0.4 is 5.73 Å². The van der Waals surface area contributed by atoms with Crippen LogP contribution in [0.4, 0.5) is 0 Å². The van der Waals surface area contributed by atoms with Crippen LogP contribution in [-0.2, 0) is 6.42 Å². The Bertz CT molecular complexity index is 584. The average molecular weight is 314 g/mol. The number of aromatic nitrogens is 2. The Labute approximate surface area is 128 Å². The Kier molecular flexibility index (Phi) is 4.37. The zero-order valence-corrected chi connectivity index (χ0v) is 13.2. The van der Waals surface area contributed by atoms with E-state index < -0.39 is 0 Å². The van der Waals surface area contributed by atoms with Gasteiger partial charge in [-0.3, -0.25) is 0 Å². The van der Waals surface area contributed by atoms with E-state index in [0.717, 1.165) is 5.56 Å². The SMILES string of the molecule is CC(C)(C)C(N)Cc1nc(-c2cc(Cl)cc(Cl)c2)no1. The standard InChI is InChI=1S/C14H17Cl2N3O/c1-14(2,3)11(17)7-12-18-13(19-20-12)8-4-9(15)6-10(16)5-8/h4-6,11H,7,17H2,1-3H3. The predicted octanol–water partition coefficient (Wildman–Crippen LogP) is 3.96. The molecular formula is C14H17Cl2N3O. The molecule has 0 amide bonds. The Morgan fingerprint density at radius 3 is 2.35 bits per heavy atom. The molecule has 6 heteroatoms. The van der Waals surface area contributed by atoms with Gasteiger partial charge in [0.05, 0.1) is 0 Å². The van der Waals surface area contributed by atoms with E-state index in [0.29, 0.717) is 28.2 Å². The molecule has 2 N–H and O–H groups in total. The molecule has 0 saturated carbocycles. The Hall–Kier alpha value is -1.10. The molecule has 0 radical (unpaired) electrons. The highest BCUT2D eigenvalue weighted by Crippen LogP contribution is 2.26. The third-order valence-electron chi connectivity index (χ3n) is 3.10. The average Bonchev–Trinajstić information content (AvgIpc) is 2.75. The Morgan fingerprint density at radius 1 is 1.20 bits per heavy atom. The van der Waals surface area contributed by atoms with Gasteiger partial charge < -0.3 is 10.3 Å². The van der Waals surface area contributed by atoms with Crippen LogP contribution in [0.1, 0.15) is 26.7 Å². The second kappa shape index (κ2) is 5.72. The van der Waals surface area contributed by atoms with E-state index in [-0.39, 0.29) is 11.5 Å². The molecule has 0 aliphatic carbocycles. The van der Waals surface area contributed by atoms with Gasteiger partial charge in [0.2, 0.25) is 11.7 Å². The van der Waals surface area contributed by atoms with Crippen molar-refractivity contribution in [2.75, 3.05) is 0 Å². The minimum Gasteiger partial charge on any atom is -0.339 e. The highest BCUT2D eigenvalue weighted by molar-refractivity contribution is 6.35. The van der Waals surface area contributed by atoms with Crippen molar-refractivity contribution >= 4 is 23.2 Å². The monoisotopic (exact) mass is 313 g/mol. The summed E-state index contributed by atoms with van der Waals surface area (Å²) < 4.78 is 5.24. The molecule has 1 atom stereocenters. The second-order valence-corrected chi connectivity index (χ2v) is 6.72. The van der Waals surface area contributed by atoms with Crippen molar-refractivity contribution in [1.82, 2.24) is 10.1 Å². The van der Waals surface area contributed by atoms with Gasteiger partial charge in [0, 0.05) is 28.1 Å². The largest absolute Gasteiger partial charge is 0.339 e. The fourth-order valence-electron chi connectivity index (χ4n) is 1.63. The minimum atomic E-state index is -0.0567. The maximum Gasteiger partial charge on any atom is 0.228 e. The molecule has 0 fully saturated rings. The van der Waals surface area contributed by atoms with Crippen molar-refractivity contribution in [2.45, 2.75) is 33.2 Å². The number of nitrogens with two attached hydrogens (primary N) is 1. The van der Waals surface area contributed by atoms with Gasteiger partial charge in [-0.2, -0.15) is 4.98 Å². The fourth-order valence-corrected chi connectivity index (χ4v) is 2.16. The molecule has 0 aliphatic rings. The first-order chi connectivity index (χ1) is 9.25. The summed E-state index contributed by atoms with van der Waals surface area (Å²) >= 11 is 11.9. The normalized spacial score (nSPS) is 13.5. The zero-order valence-electron chi connectivity index (χ0n) is 11.7. The highest BCUT2D eigenvalue weighted by Gasteiger charge is 2.23. The molecule has 1 heterocycles. The summed E-state index contributed by atoms with van der Waals surface area (Å²) in [7, 11) is 0. The fraction of sp³-hybridized carbons (Fsp3) is 0.429. The Balaban J connectivity index is 2.21. The van der Waals surface area contributed by atoms with Gasteiger partial charge in [0.15, 0.2) is 0 Å². The lowest BCUT2D eigenvalue weighted by molar-refractivity contribution is 0.286. The van der Waals surface area contributed by atoms with Crippen molar-refractivity contribution in [3.05, 3.63) is 34.1 Å². The molecule has 4 nitrogen and oxygen atoms in total. The van der Waals surface area contributed by atoms with E-state index in [2.05, 4.69) is 30.9 Å². The van der Waals surface area contributed by atoms with E-state index in [4.69, 9.17) is 33.5 Å². The van der Waals surface area contributed by atoms with Gasteiger partial charge in [0.25, 0.3) is 0 Å². The van der Waals surface area contributed by atoms with Gasteiger partial charge >= 0.3 is 0 Å². The summed E-state index contributed by atoms with van der Waals surface area (Å²) in [5.41, 5.74) is 6.81. The van der Waals surface area contributed by atoms with Crippen LogP contribution in [-0.4, -0.2) is 16.2 Å². The summed E-state index contributed by atoms with van der Waals surface area (Å²) in [5.74, 6) is 0.976. The van der Waals surface area contributed by atoms with Crippen LogP contribution >= 0.6 is 23.2 Å². The van der Waals surface area contributed by atoms with Crippen molar-refractivity contribution in [1.29, 1.82) is 0 Å².